The van der Waals surface area contributed by atoms with Gasteiger partial charge < -0.3 is 14.6 Å². The number of furan rings is 1. The van der Waals surface area contributed by atoms with Crippen molar-refractivity contribution in [3.8, 4) is 0 Å². The van der Waals surface area contributed by atoms with Gasteiger partial charge in [0.25, 0.3) is 0 Å². The standard InChI is InChI=1S/C11H16N2O2.ClH/c1-13(8-10-3-2-6-15-10)11(14)9-4-5-12-7-9;/h2-3,6,9,12H,4-5,7-8H2,1H3;1H/t9-;/m0./s1. The number of hydrogen-bond donors (Lipinski definition) is 1. The van der Waals surface area contributed by atoms with E-state index in [1.54, 1.807) is 11.2 Å². The zero-order valence-corrected chi connectivity index (χ0v) is 10.1. The van der Waals surface area contributed by atoms with Gasteiger partial charge in [-0.15, -0.1) is 12.4 Å². The lowest BCUT2D eigenvalue weighted by molar-refractivity contribution is -0.134. The van der Waals surface area contributed by atoms with Crippen LogP contribution in [0.1, 0.15) is 12.2 Å². The Hall–Kier alpha value is -1.00. The van der Waals surface area contributed by atoms with E-state index in [0.717, 1.165) is 25.3 Å². The first-order valence-corrected chi connectivity index (χ1v) is 5.25. The summed E-state index contributed by atoms with van der Waals surface area (Å²) >= 11 is 0. The van der Waals surface area contributed by atoms with Crippen LogP contribution >= 0.6 is 12.4 Å². The highest BCUT2D eigenvalue weighted by atomic mass is 35.5. The van der Waals surface area contributed by atoms with E-state index in [1.165, 1.54) is 0 Å². The Morgan fingerprint density at radius 2 is 2.50 bits per heavy atom. The molecular formula is C11H17ClN2O2. The summed E-state index contributed by atoms with van der Waals surface area (Å²) in [5.74, 6) is 1.18. The average Bonchev–Trinajstić information content (AvgIpc) is 2.88. The van der Waals surface area contributed by atoms with Crippen LogP contribution in [-0.2, 0) is 11.3 Å². The van der Waals surface area contributed by atoms with Crippen LogP contribution in [0.5, 0.6) is 0 Å². The van der Waals surface area contributed by atoms with Crippen LogP contribution in [0.2, 0.25) is 0 Å². The van der Waals surface area contributed by atoms with Gasteiger partial charge in [0.05, 0.1) is 18.7 Å². The van der Waals surface area contributed by atoms with Gasteiger partial charge in [-0.1, -0.05) is 0 Å². The quantitative estimate of drug-likeness (QED) is 0.871. The van der Waals surface area contributed by atoms with Gasteiger partial charge in [0.1, 0.15) is 5.76 Å². The first kappa shape index (κ1) is 13.1. The summed E-state index contributed by atoms with van der Waals surface area (Å²) in [5.41, 5.74) is 0. The summed E-state index contributed by atoms with van der Waals surface area (Å²) in [7, 11) is 1.82. The largest absolute Gasteiger partial charge is 0.467 e. The van der Waals surface area contributed by atoms with Gasteiger partial charge in [-0.05, 0) is 25.1 Å². The van der Waals surface area contributed by atoms with Gasteiger partial charge in [0.15, 0.2) is 0 Å². The van der Waals surface area contributed by atoms with Crippen molar-refractivity contribution in [2.75, 3.05) is 20.1 Å². The fourth-order valence-electron chi connectivity index (χ4n) is 1.89. The van der Waals surface area contributed by atoms with E-state index in [-0.39, 0.29) is 24.2 Å². The summed E-state index contributed by atoms with van der Waals surface area (Å²) in [6, 6.07) is 3.72. The topological polar surface area (TPSA) is 45.5 Å². The van der Waals surface area contributed by atoms with Crippen molar-refractivity contribution in [3.63, 3.8) is 0 Å². The molecule has 1 aromatic rings. The molecule has 90 valence electrons. The van der Waals surface area contributed by atoms with Crippen molar-refractivity contribution in [3.05, 3.63) is 24.2 Å². The maximum atomic E-state index is 11.9. The number of nitrogens with one attached hydrogen (secondary N) is 1. The zero-order valence-electron chi connectivity index (χ0n) is 9.31. The van der Waals surface area contributed by atoms with Crippen molar-refractivity contribution >= 4 is 18.3 Å². The maximum absolute atomic E-state index is 11.9. The van der Waals surface area contributed by atoms with Gasteiger partial charge in [-0.3, -0.25) is 4.79 Å². The van der Waals surface area contributed by atoms with Crippen LogP contribution in [0.4, 0.5) is 0 Å². The molecule has 0 aliphatic carbocycles. The second-order valence-corrected chi connectivity index (χ2v) is 3.96. The van der Waals surface area contributed by atoms with E-state index in [2.05, 4.69) is 5.32 Å². The van der Waals surface area contributed by atoms with Gasteiger partial charge in [0, 0.05) is 13.6 Å². The molecule has 1 N–H and O–H groups in total. The molecule has 4 nitrogen and oxygen atoms in total. The minimum Gasteiger partial charge on any atom is -0.467 e. The van der Waals surface area contributed by atoms with Crippen LogP contribution < -0.4 is 5.32 Å². The van der Waals surface area contributed by atoms with E-state index >= 15 is 0 Å². The molecule has 0 radical (unpaired) electrons. The molecule has 0 aromatic carbocycles. The molecule has 1 saturated heterocycles. The molecular weight excluding hydrogens is 228 g/mol. The van der Waals surface area contributed by atoms with Crippen molar-refractivity contribution in [2.24, 2.45) is 5.92 Å². The predicted molar refractivity (Wildman–Crippen MR) is 63.4 cm³/mol. The lowest BCUT2D eigenvalue weighted by Gasteiger charge is -2.19. The van der Waals surface area contributed by atoms with Crippen molar-refractivity contribution in [1.82, 2.24) is 10.2 Å². The van der Waals surface area contributed by atoms with Crippen LogP contribution in [0.15, 0.2) is 22.8 Å². The smallest absolute Gasteiger partial charge is 0.227 e. The van der Waals surface area contributed by atoms with Crippen molar-refractivity contribution < 1.29 is 9.21 Å². The summed E-state index contributed by atoms with van der Waals surface area (Å²) in [5, 5.41) is 3.20. The molecule has 16 heavy (non-hydrogen) atoms. The second-order valence-electron chi connectivity index (χ2n) is 3.96. The Morgan fingerprint density at radius 3 is 3.06 bits per heavy atom. The Bertz CT molecular complexity index is 321. The van der Waals surface area contributed by atoms with Gasteiger partial charge >= 0.3 is 0 Å². The second kappa shape index (κ2) is 5.92. The highest BCUT2D eigenvalue weighted by molar-refractivity contribution is 5.85. The number of hydrogen-bond acceptors (Lipinski definition) is 3. The van der Waals surface area contributed by atoms with Crippen molar-refractivity contribution in [1.29, 1.82) is 0 Å². The first-order valence-electron chi connectivity index (χ1n) is 5.25. The minimum absolute atomic E-state index is 0. The number of rotatable bonds is 3. The molecule has 1 aromatic heterocycles. The number of nitrogens with zero attached hydrogens (tertiary/aromatic N) is 1. The fourth-order valence-corrected chi connectivity index (χ4v) is 1.89. The summed E-state index contributed by atoms with van der Waals surface area (Å²) < 4.78 is 5.21. The van der Waals surface area contributed by atoms with Gasteiger partial charge in [-0.25, -0.2) is 0 Å². The monoisotopic (exact) mass is 244 g/mol. The van der Waals surface area contributed by atoms with E-state index in [4.69, 9.17) is 4.42 Å². The highest BCUT2D eigenvalue weighted by Crippen LogP contribution is 2.13. The third kappa shape index (κ3) is 3.00. The summed E-state index contributed by atoms with van der Waals surface area (Å²) in [6.45, 7) is 2.31. The first-order chi connectivity index (χ1) is 7.27. The Labute approximate surface area is 101 Å². The molecule has 0 unspecified atom stereocenters. The lowest BCUT2D eigenvalue weighted by Crippen LogP contribution is -2.33. The van der Waals surface area contributed by atoms with Crippen molar-refractivity contribution in [2.45, 2.75) is 13.0 Å². The number of carbonyl (C=O) groups is 1. The minimum atomic E-state index is 0. The highest BCUT2D eigenvalue weighted by Gasteiger charge is 2.25. The number of halogens is 1. The molecule has 0 spiro atoms. The molecule has 2 heterocycles. The molecule has 1 aliphatic heterocycles. The lowest BCUT2D eigenvalue weighted by atomic mass is 10.1. The molecule has 1 amide bonds. The maximum Gasteiger partial charge on any atom is 0.227 e. The molecule has 2 rings (SSSR count). The Balaban J connectivity index is 0.00000128. The van der Waals surface area contributed by atoms with Crippen LogP contribution in [-0.4, -0.2) is 30.9 Å². The number of carbonyl (C=O) groups excluding carboxylic acids is 1. The Morgan fingerprint density at radius 1 is 1.69 bits per heavy atom. The molecule has 1 atom stereocenters. The van der Waals surface area contributed by atoms with E-state index < -0.39 is 0 Å². The number of amides is 1. The SMILES string of the molecule is CN(Cc1ccco1)C(=O)[C@H]1CCNC1.Cl. The normalized spacial score (nSPS) is 19.2. The molecule has 1 fully saturated rings. The van der Waals surface area contributed by atoms with E-state index in [9.17, 15) is 4.79 Å². The zero-order chi connectivity index (χ0) is 10.7. The van der Waals surface area contributed by atoms with Gasteiger partial charge in [-0.2, -0.15) is 0 Å². The average molecular weight is 245 g/mol. The van der Waals surface area contributed by atoms with E-state index in [0.29, 0.717) is 6.54 Å². The van der Waals surface area contributed by atoms with E-state index in [1.807, 2.05) is 19.2 Å². The summed E-state index contributed by atoms with van der Waals surface area (Å²) in [4.78, 5) is 13.6. The third-order valence-corrected chi connectivity index (χ3v) is 2.76. The molecule has 5 heteroatoms. The molecule has 1 aliphatic rings. The Kier molecular flexibility index (Phi) is 4.83. The van der Waals surface area contributed by atoms with Gasteiger partial charge in [0.2, 0.25) is 5.91 Å². The molecule has 0 bridgehead atoms. The fraction of sp³-hybridized carbons (Fsp3) is 0.545. The summed E-state index contributed by atoms with van der Waals surface area (Å²) in [6.07, 6.45) is 2.58. The predicted octanol–water partition coefficient (Wildman–Crippen LogP) is 1.27. The molecule has 0 saturated carbocycles. The van der Waals surface area contributed by atoms with Crippen LogP contribution in [0, 0.1) is 5.92 Å². The van der Waals surface area contributed by atoms with Crippen LogP contribution in [0.25, 0.3) is 0 Å². The third-order valence-electron chi connectivity index (χ3n) is 2.76. The van der Waals surface area contributed by atoms with Crippen LogP contribution in [0.3, 0.4) is 0 Å².